The molecule has 1 N–H and O–H groups in total. The minimum Gasteiger partial charge on any atom is -0.481 e. The topological polar surface area (TPSA) is 72.2 Å². The van der Waals surface area contributed by atoms with Gasteiger partial charge < -0.3 is 5.11 Å². The van der Waals surface area contributed by atoms with Crippen LogP contribution in [0.15, 0.2) is 64.8 Å². The third-order valence-electron chi connectivity index (χ3n) is 4.65. The van der Waals surface area contributed by atoms with Crippen LogP contribution in [0.25, 0.3) is 32.7 Å². The molecule has 4 rings (SSSR count). The molecule has 0 fully saturated rings. The highest BCUT2D eigenvalue weighted by Crippen LogP contribution is 2.32. The number of thiophene rings is 1. The molecule has 2 aromatic carbocycles. The van der Waals surface area contributed by atoms with Crippen LogP contribution in [-0.2, 0) is 11.3 Å². The number of benzene rings is 2. The summed E-state index contributed by atoms with van der Waals surface area (Å²) < 4.78 is 14.8. The molecule has 0 aliphatic rings. The number of carbonyl (C=O) groups is 1. The fourth-order valence-electron chi connectivity index (χ4n) is 3.27. The van der Waals surface area contributed by atoms with Crippen LogP contribution < -0.4 is 5.56 Å². The standard InChI is InChI=1S/C22H17FN2O3S/c23-16-10-8-14(9-11-16)17-13-29-21-19(17)22(28)25(12-4-7-18(26)27)20(24-21)15-5-2-1-3-6-15/h1-3,5-6,8-11,13H,4,7,12H2,(H,26,27). The molecule has 7 heteroatoms. The van der Waals surface area contributed by atoms with Crippen LogP contribution in [0.2, 0.25) is 0 Å². The summed E-state index contributed by atoms with van der Waals surface area (Å²) in [5.41, 5.74) is 2.01. The molecule has 0 saturated carbocycles. The molecule has 2 heterocycles. The van der Waals surface area contributed by atoms with Gasteiger partial charge in [0, 0.05) is 29.5 Å². The van der Waals surface area contributed by atoms with Gasteiger partial charge in [0.25, 0.3) is 5.56 Å². The Labute approximate surface area is 169 Å². The average molecular weight is 408 g/mol. The van der Waals surface area contributed by atoms with Crippen LogP contribution in [0, 0.1) is 5.82 Å². The molecule has 0 unspecified atom stereocenters. The Morgan fingerprint density at radius 3 is 2.48 bits per heavy atom. The molecule has 0 aliphatic carbocycles. The molecule has 0 bridgehead atoms. The zero-order valence-corrected chi connectivity index (χ0v) is 16.2. The molecule has 0 aliphatic heterocycles. The van der Waals surface area contributed by atoms with E-state index in [1.165, 1.54) is 23.5 Å². The number of aromatic nitrogens is 2. The number of aliphatic carboxylic acids is 1. The van der Waals surface area contributed by atoms with Crippen molar-refractivity contribution in [3.8, 4) is 22.5 Å². The summed E-state index contributed by atoms with van der Waals surface area (Å²) in [5.74, 6) is -0.735. The largest absolute Gasteiger partial charge is 0.481 e. The van der Waals surface area contributed by atoms with Gasteiger partial charge >= 0.3 is 5.97 Å². The number of halogens is 1. The summed E-state index contributed by atoms with van der Waals surface area (Å²) in [6.07, 6.45) is 0.283. The first kappa shape index (κ1) is 19.0. The van der Waals surface area contributed by atoms with E-state index in [4.69, 9.17) is 10.1 Å². The van der Waals surface area contributed by atoms with Crippen molar-refractivity contribution in [3.05, 3.63) is 76.1 Å². The summed E-state index contributed by atoms with van der Waals surface area (Å²) in [5, 5.41) is 11.3. The fourth-order valence-corrected chi connectivity index (χ4v) is 4.21. The van der Waals surface area contributed by atoms with Gasteiger partial charge in [-0.1, -0.05) is 42.5 Å². The van der Waals surface area contributed by atoms with Gasteiger partial charge in [-0.3, -0.25) is 14.2 Å². The van der Waals surface area contributed by atoms with Crippen LogP contribution >= 0.6 is 11.3 Å². The van der Waals surface area contributed by atoms with Crippen molar-refractivity contribution in [2.75, 3.05) is 0 Å². The number of carboxylic acid groups (broad SMARTS) is 1. The number of hydrogen-bond acceptors (Lipinski definition) is 4. The Morgan fingerprint density at radius 2 is 1.79 bits per heavy atom. The molecule has 0 amide bonds. The van der Waals surface area contributed by atoms with E-state index in [1.54, 1.807) is 16.7 Å². The second-order valence-electron chi connectivity index (χ2n) is 6.59. The second kappa shape index (κ2) is 7.97. The molecule has 2 aromatic heterocycles. The van der Waals surface area contributed by atoms with E-state index in [-0.39, 0.29) is 24.3 Å². The Kier molecular flexibility index (Phi) is 5.22. The molecule has 5 nitrogen and oxygen atoms in total. The highest BCUT2D eigenvalue weighted by atomic mass is 32.1. The number of fused-ring (bicyclic) bond motifs is 1. The summed E-state index contributed by atoms with van der Waals surface area (Å²) in [6, 6.07) is 15.3. The monoisotopic (exact) mass is 408 g/mol. The normalized spacial score (nSPS) is 11.1. The molecule has 0 spiro atoms. The Balaban J connectivity index is 1.90. The number of nitrogens with zero attached hydrogens (tertiary/aromatic N) is 2. The highest BCUT2D eigenvalue weighted by molar-refractivity contribution is 7.17. The van der Waals surface area contributed by atoms with Crippen molar-refractivity contribution in [1.82, 2.24) is 9.55 Å². The zero-order valence-electron chi connectivity index (χ0n) is 15.3. The van der Waals surface area contributed by atoms with Crippen molar-refractivity contribution in [2.45, 2.75) is 19.4 Å². The second-order valence-corrected chi connectivity index (χ2v) is 7.45. The van der Waals surface area contributed by atoms with E-state index < -0.39 is 5.97 Å². The summed E-state index contributed by atoms with van der Waals surface area (Å²) in [7, 11) is 0. The van der Waals surface area contributed by atoms with E-state index in [0.29, 0.717) is 28.0 Å². The number of carboxylic acids is 1. The molecule has 0 atom stereocenters. The zero-order chi connectivity index (χ0) is 20.4. The quantitative estimate of drug-likeness (QED) is 0.498. The maximum Gasteiger partial charge on any atom is 0.303 e. The first-order valence-electron chi connectivity index (χ1n) is 9.10. The highest BCUT2D eigenvalue weighted by Gasteiger charge is 2.18. The third kappa shape index (κ3) is 3.82. The van der Waals surface area contributed by atoms with E-state index in [9.17, 15) is 14.0 Å². The average Bonchev–Trinajstić information content (AvgIpc) is 3.15. The van der Waals surface area contributed by atoms with Crippen LogP contribution in [0.1, 0.15) is 12.8 Å². The van der Waals surface area contributed by atoms with E-state index in [0.717, 1.165) is 11.1 Å². The third-order valence-corrected chi connectivity index (χ3v) is 5.53. The lowest BCUT2D eigenvalue weighted by atomic mass is 10.1. The van der Waals surface area contributed by atoms with Crippen LogP contribution in [0.5, 0.6) is 0 Å². The fraction of sp³-hybridized carbons (Fsp3) is 0.136. The van der Waals surface area contributed by atoms with Crippen LogP contribution in [-0.4, -0.2) is 20.6 Å². The van der Waals surface area contributed by atoms with Gasteiger partial charge in [0.05, 0.1) is 5.39 Å². The van der Waals surface area contributed by atoms with Crippen molar-refractivity contribution in [2.24, 2.45) is 0 Å². The van der Waals surface area contributed by atoms with Crippen LogP contribution in [0.3, 0.4) is 0 Å². The van der Waals surface area contributed by atoms with Gasteiger partial charge in [0.1, 0.15) is 16.5 Å². The molecule has 146 valence electrons. The lowest BCUT2D eigenvalue weighted by Crippen LogP contribution is -2.23. The molecule has 4 aromatic rings. The minimum absolute atomic E-state index is 0.0346. The predicted octanol–water partition coefficient (Wildman–Crippen LogP) is 4.80. The smallest absolute Gasteiger partial charge is 0.303 e. The maximum atomic E-state index is 13.4. The van der Waals surface area contributed by atoms with Gasteiger partial charge in [-0.2, -0.15) is 0 Å². The van der Waals surface area contributed by atoms with Gasteiger partial charge in [0.2, 0.25) is 0 Å². The van der Waals surface area contributed by atoms with Gasteiger partial charge in [-0.15, -0.1) is 11.3 Å². The summed E-state index contributed by atoms with van der Waals surface area (Å²) in [6.45, 7) is 0.247. The van der Waals surface area contributed by atoms with Gasteiger partial charge in [-0.05, 0) is 24.1 Å². The lowest BCUT2D eigenvalue weighted by molar-refractivity contribution is -0.137. The van der Waals surface area contributed by atoms with Crippen molar-refractivity contribution in [1.29, 1.82) is 0 Å². The van der Waals surface area contributed by atoms with Gasteiger partial charge in [-0.25, -0.2) is 9.37 Å². The predicted molar refractivity (Wildman–Crippen MR) is 112 cm³/mol. The van der Waals surface area contributed by atoms with Crippen molar-refractivity contribution in [3.63, 3.8) is 0 Å². The van der Waals surface area contributed by atoms with E-state index >= 15 is 0 Å². The van der Waals surface area contributed by atoms with Crippen molar-refractivity contribution >= 4 is 27.5 Å². The molecular formula is C22H17FN2O3S. The first-order chi connectivity index (χ1) is 14.0. The summed E-state index contributed by atoms with van der Waals surface area (Å²) >= 11 is 1.36. The van der Waals surface area contributed by atoms with Crippen LogP contribution in [0.4, 0.5) is 4.39 Å². The minimum atomic E-state index is -0.907. The number of rotatable bonds is 6. The summed E-state index contributed by atoms with van der Waals surface area (Å²) in [4.78, 5) is 29.7. The number of hydrogen-bond donors (Lipinski definition) is 1. The SMILES string of the molecule is O=C(O)CCCn1c(-c2ccccc2)nc2scc(-c3ccc(F)cc3)c2c1=O. The first-order valence-corrected chi connectivity index (χ1v) is 9.98. The Morgan fingerprint density at radius 1 is 1.07 bits per heavy atom. The lowest BCUT2D eigenvalue weighted by Gasteiger charge is -2.13. The maximum absolute atomic E-state index is 13.4. The molecule has 0 radical (unpaired) electrons. The van der Waals surface area contributed by atoms with Crippen molar-refractivity contribution < 1.29 is 14.3 Å². The Bertz CT molecular complexity index is 1230. The van der Waals surface area contributed by atoms with Gasteiger partial charge in [0.15, 0.2) is 0 Å². The molecule has 29 heavy (non-hydrogen) atoms. The Hall–Kier alpha value is -3.32. The molecule has 0 saturated heterocycles. The molecular weight excluding hydrogens is 391 g/mol. The van der Waals surface area contributed by atoms with E-state index in [1.807, 2.05) is 35.7 Å². The van der Waals surface area contributed by atoms with E-state index in [2.05, 4.69) is 0 Å².